The number of nitrogens with zero attached hydrogens (tertiary/aromatic N) is 1. The predicted molar refractivity (Wildman–Crippen MR) is 80.9 cm³/mol. The number of ether oxygens (including phenoxy) is 1. The second kappa shape index (κ2) is 6.57. The molecule has 0 amide bonds. The second-order valence-corrected chi connectivity index (χ2v) is 4.32. The number of benzene rings is 2. The molecule has 0 aliphatic rings. The molecule has 0 radical (unpaired) electrons. The van der Waals surface area contributed by atoms with Gasteiger partial charge in [-0.15, -0.1) is 0 Å². The minimum atomic E-state index is -1.25. The third-order valence-corrected chi connectivity index (χ3v) is 2.92. The maximum absolute atomic E-state index is 11.3. The van der Waals surface area contributed by atoms with Gasteiger partial charge in [0.1, 0.15) is 11.4 Å². The van der Waals surface area contributed by atoms with Crippen molar-refractivity contribution in [2.24, 2.45) is 0 Å². The molecule has 2 rings (SSSR count). The lowest BCUT2D eigenvalue weighted by atomic mass is 10.1. The standard InChI is InChI=1S/C15H14N2O5/c1-2-22-13-9-4-3-7-11(13)16-14-10(15(18)19)6-5-8-12(14)17(20)21/h3-9,16H,2H2,1H3,(H,18,19). The number of aromatic carboxylic acids is 1. The monoisotopic (exact) mass is 302 g/mol. The average Bonchev–Trinajstić information content (AvgIpc) is 2.49. The van der Waals surface area contributed by atoms with Crippen molar-refractivity contribution < 1.29 is 19.6 Å². The van der Waals surface area contributed by atoms with Crippen molar-refractivity contribution in [1.82, 2.24) is 0 Å². The molecule has 0 bridgehead atoms. The van der Waals surface area contributed by atoms with Crippen molar-refractivity contribution in [3.05, 3.63) is 58.1 Å². The lowest BCUT2D eigenvalue weighted by Gasteiger charge is -2.13. The van der Waals surface area contributed by atoms with Crippen LogP contribution in [-0.2, 0) is 0 Å². The summed E-state index contributed by atoms with van der Waals surface area (Å²) in [6.07, 6.45) is 0. The van der Waals surface area contributed by atoms with Gasteiger partial charge >= 0.3 is 5.97 Å². The van der Waals surface area contributed by atoms with Crippen molar-refractivity contribution in [1.29, 1.82) is 0 Å². The predicted octanol–water partition coefficient (Wildman–Crippen LogP) is 3.44. The molecule has 0 fully saturated rings. The van der Waals surface area contributed by atoms with Gasteiger partial charge in [0.2, 0.25) is 0 Å². The van der Waals surface area contributed by atoms with Crippen LogP contribution in [0.5, 0.6) is 5.75 Å². The zero-order valence-corrected chi connectivity index (χ0v) is 11.8. The summed E-state index contributed by atoms with van der Waals surface area (Å²) >= 11 is 0. The Labute approximate surface area is 126 Å². The molecule has 2 aromatic rings. The van der Waals surface area contributed by atoms with Gasteiger partial charge in [-0.3, -0.25) is 10.1 Å². The first-order chi connectivity index (χ1) is 10.5. The van der Waals surface area contributed by atoms with Crippen molar-refractivity contribution in [2.45, 2.75) is 6.92 Å². The molecule has 0 saturated heterocycles. The van der Waals surface area contributed by atoms with E-state index in [4.69, 9.17) is 4.74 Å². The molecule has 0 unspecified atom stereocenters. The summed E-state index contributed by atoms with van der Waals surface area (Å²) in [4.78, 5) is 21.8. The Morgan fingerprint density at radius 3 is 2.64 bits per heavy atom. The molecule has 0 aliphatic carbocycles. The van der Waals surface area contributed by atoms with E-state index in [9.17, 15) is 20.0 Å². The fourth-order valence-corrected chi connectivity index (χ4v) is 1.99. The van der Waals surface area contributed by atoms with Gasteiger partial charge in [0.05, 0.1) is 22.8 Å². The van der Waals surface area contributed by atoms with Crippen LogP contribution in [0.4, 0.5) is 17.1 Å². The van der Waals surface area contributed by atoms with E-state index in [-0.39, 0.29) is 16.9 Å². The van der Waals surface area contributed by atoms with Gasteiger partial charge in [-0.1, -0.05) is 18.2 Å². The van der Waals surface area contributed by atoms with Crippen LogP contribution in [0.3, 0.4) is 0 Å². The molecule has 0 saturated carbocycles. The number of anilines is 2. The summed E-state index contributed by atoms with van der Waals surface area (Å²) in [5, 5.41) is 23.2. The first-order valence-electron chi connectivity index (χ1n) is 6.54. The number of nitro groups is 1. The minimum absolute atomic E-state index is 0.0767. The van der Waals surface area contributed by atoms with E-state index in [2.05, 4.69) is 5.32 Å². The van der Waals surface area contributed by atoms with E-state index in [1.54, 1.807) is 24.3 Å². The topological polar surface area (TPSA) is 102 Å². The maximum Gasteiger partial charge on any atom is 0.338 e. The van der Waals surface area contributed by atoms with Crippen LogP contribution in [0.1, 0.15) is 17.3 Å². The molecule has 22 heavy (non-hydrogen) atoms. The molecular formula is C15H14N2O5. The molecule has 7 nitrogen and oxygen atoms in total. The van der Waals surface area contributed by atoms with E-state index < -0.39 is 10.9 Å². The third kappa shape index (κ3) is 3.14. The zero-order valence-electron chi connectivity index (χ0n) is 11.8. The molecule has 2 aromatic carbocycles. The van der Waals surface area contributed by atoms with Gasteiger partial charge in [0, 0.05) is 6.07 Å². The Morgan fingerprint density at radius 1 is 1.27 bits per heavy atom. The summed E-state index contributed by atoms with van der Waals surface area (Å²) < 4.78 is 5.43. The Hall–Kier alpha value is -3.09. The van der Waals surface area contributed by atoms with E-state index >= 15 is 0 Å². The first-order valence-corrected chi connectivity index (χ1v) is 6.54. The second-order valence-electron chi connectivity index (χ2n) is 4.32. The van der Waals surface area contributed by atoms with Gasteiger partial charge in [0.15, 0.2) is 0 Å². The van der Waals surface area contributed by atoms with Gasteiger partial charge in [-0.2, -0.15) is 0 Å². The normalized spacial score (nSPS) is 10.0. The number of hydrogen-bond donors (Lipinski definition) is 2. The summed E-state index contributed by atoms with van der Waals surface area (Å²) in [5.41, 5.74) is -0.111. The van der Waals surface area contributed by atoms with E-state index in [1.165, 1.54) is 18.2 Å². The molecule has 0 aliphatic heterocycles. The van der Waals surface area contributed by atoms with Gasteiger partial charge in [0.25, 0.3) is 5.69 Å². The van der Waals surface area contributed by atoms with Gasteiger partial charge < -0.3 is 15.2 Å². The fourth-order valence-electron chi connectivity index (χ4n) is 1.99. The first kappa shape index (κ1) is 15.3. The van der Waals surface area contributed by atoms with E-state index in [0.717, 1.165) is 0 Å². The number of nitrogens with one attached hydrogen (secondary N) is 1. The van der Waals surface area contributed by atoms with Crippen LogP contribution < -0.4 is 10.1 Å². The molecule has 0 aromatic heterocycles. The molecule has 114 valence electrons. The quantitative estimate of drug-likeness (QED) is 0.626. The van der Waals surface area contributed by atoms with Crippen LogP contribution in [0, 0.1) is 10.1 Å². The fraction of sp³-hybridized carbons (Fsp3) is 0.133. The summed E-state index contributed by atoms with van der Waals surface area (Å²) in [6.45, 7) is 2.23. The third-order valence-electron chi connectivity index (χ3n) is 2.92. The van der Waals surface area contributed by atoms with Crippen LogP contribution in [0.15, 0.2) is 42.5 Å². The van der Waals surface area contributed by atoms with Crippen LogP contribution in [-0.4, -0.2) is 22.6 Å². The lowest BCUT2D eigenvalue weighted by Crippen LogP contribution is -2.06. The summed E-state index contributed by atoms with van der Waals surface area (Å²) in [7, 11) is 0. The highest BCUT2D eigenvalue weighted by Gasteiger charge is 2.22. The average molecular weight is 302 g/mol. The lowest BCUT2D eigenvalue weighted by molar-refractivity contribution is -0.383. The number of para-hydroxylation sites is 3. The molecular weight excluding hydrogens is 288 g/mol. The highest BCUT2D eigenvalue weighted by molar-refractivity contribution is 5.98. The van der Waals surface area contributed by atoms with E-state index in [0.29, 0.717) is 18.0 Å². The highest BCUT2D eigenvalue weighted by Crippen LogP contribution is 2.34. The summed E-state index contributed by atoms with van der Waals surface area (Å²) in [6, 6.07) is 10.7. The number of carboxylic acid groups (broad SMARTS) is 1. The van der Waals surface area contributed by atoms with Crippen LogP contribution in [0.25, 0.3) is 0 Å². The van der Waals surface area contributed by atoms with Crippen LogP contribution >= 0.6 is 0 Å². The number of hydrogen-bond acceptors (Lipinski definition) is 5. The molecule has 0 atom stereocenters. The van der Waals surface area contributed by atoms with Gasteiger partial charge in [-0.25, -0.2) is 4.79 Å². The molecule has 0 heterocycles. The Morgan fingerprint density at radius 2 is 2.00 bits per heavy atom. The van der Waals surface area contributed by atoms with Gasteiger partial charge in [-0.05, 0) is 25.1 Å². The Balaban J connectivity index is 2.53. The number of carbonyl (C=O) groups is 1. The number of nitro benzene ring substituents is 1. The minimum Gasteiger partial charge on any atom is -0.492 e. The smallest absolute Gasteiger partial charge is 0.338 e. The molecule has 0 spiro atoms. The van der Waals surface area contributed by atoms with Crippen LogP contribution in [0.2, 0.25) is 0 Å². The summed E-state index contributed by atoms with van der Waals surface area (Å²) in [5.74, 6) is -0.764. The number of rotatable bonds is 6. The van der Waals surface area contributed by atoms with Crippen molar-refractivity contribution >= 4 is 23.0 Å². The highest BCUT2D eigenvalue weighted by atomic mass is 16.6. The zero-order chi connectivity index (χ0) is 16.1. The largest absolute Gasteiger partial charge is 0.492 e. The Kier molecular flexibility index (Phi) is 4.57. The van der Waals surface area contributed by atoms with Crippen molar-refractivity contribution in [3.8, 4) is 5.75 Å². The van der Waals surface area contributed by atoms with E-state index in [1.807, 2.05) is 6.92 Å². The SMILES string of the molecule is CCOc1ccccc1Nc1c(C(=O)O)cccc1[N+](=O)[O-]. The number of carboxylic acids is 1. The Bertz CT molecular complexity index is 683. The van der Waals surface area contributed by atoms with Crippen molar-refractivity contribution in [3.63, 3.8) is 0 Å². The molecule has 7 heteroatoms. The molecule has 2 N–H and O–H groups in total. The maximum atomic E-state index is 11.3. The van der Waals surface area contributed by atoms with Crippen molar-refractivity contribution in [2.75, 3.05) is 11.9 Å².